The fraction of sp³-hybridized carbons (Fsp3) is 0.647. The van der Waals surface area contributed by atoms with Crippen LogP contribution >= 0.6 is 0 Å². The molecule has 2 atom stereocenters. The molecule has 0 radical (unpaired) electrons. The molecule has 2 rings (SSSR count). The number of hydrogen-bond acceptors (Lipinski definition) is 3. The van der Waals surface area contributed by atoms with Gasteiger partial charge < -0.3 is 9.80 Å². The number of likely N-dealkylation sites (tertiary alicyclic amines) is 1. The SMILES string of the molecule is CCCN(CCc1ccccn1)C(=O)C1CN(C)CC1C. The van der Waals surface area contributed by atoms with E-state index in [1.165, 1.54) is 0 Å². The van der Waals surface area contributed by atoms with E-state index < -0.39 is 0 Å². The molecule has 1 amide bonds. The Bertz CT molecular complexity index is 449. The van der Waals surface area contributed by atoms with Crippen LogP contribution in [0.4, 0.5) is 0 Å². The molecule has 0 N–H and O–H groups in total. The Balaban J connectivity index is 1.96. The van der Waals surface area contributed by atoms with Crippen LogP contribution in [-0.2, 0) is 11.2 Å². The molecule has 4 nitrogen and oxygen atoms in total. The number of rotatable bonds is 6. The van der Waals surface area contributed by atoms with Gasteiger partial charge in [-0.25, -0.2) is 0 Å². The summed E-state index contributed by atoms with van der Waals surface area (Å²) >= 11 is 0. The van der Waals surface area contributed by atoms with Gasteiger partial charge in [0.25, 0.3) is 0 Å². The summed E-state index contributed by atoms with van der Waals surface area (Å²) in [5.41, 5.74) is 1.06. The molecule has 1 saturated heterocycles. The van der Waals surface area contributed by atoms with Gasteiger partial charge in [0.05, 0.1) is 5.92 Å². The third-order valence-corrected chi connectivity index (χ3v) is 4.28. The summed E-state index contributed by atoms with van der Waals surface area (Å²) in [6.45, 7) is 7.86. The first-order valence-corrected chi connectivity index (χ1v) is 7.99. The van der Waals surface area contributed by atoms with Gasteiger partial charge in [0.1, 0.15) is 0 Å². The number of pyridine rings is 1. The Labute approximate surface area is 128 Å². The van der Waals surface area contributed by atoms with Crippen molar-refractivity contribution in [2.75, 3.05) is 33.2 Å². The molecule has 116 valence electrons. The summed E-state index contributed by atoms with van der Waals surface area (Å²) in [5, 5.41) is 0. The van der Waals surface area contributed by atoms with Crippen LogP contribution < -0.4 is 0 Å². The van der Waals surface area contributed by atoms with Crippen LogP contribution in [-0.4, -0.2) is 53.9 Å². The van der Waals surface area contributed by atoms with E-state index in [9.17, 15) is 4.79 Å². The first-order valence-electron chi connectivity index (χ1n) is 7.99. The van der Waals surface area contributed by atoms with Gasteiger partial charge in [0, 0.05) is 44.5 Å². The Morgan fingerprint density at radius 2 is 2.19 bits per heavy atom. The molecule has 2 unspecified atom stereocenters. The molecule has 0 saturated carbocycles. The van der Waals surface area contributed by atoms with Gasteiger partial charge in [-0.1, -0.05) is 19.9 Å². The molecule has 1 aromatic heterocycles. The average molecular weight is 289 g/mol. The zero-order valence-corrected chi connectivity index (χ0v) is 13.5. The topological polar surface area (TPSA) is 36.4 Å². The van der Waals surface area contributed by atoms with Crippen molar-refractivity contribution in [1.29, 1.82) is 0 Å². The van der Waals surface area contributed by atoms with Crippen molar-refractivity contribution in [2.24, 2.45) is 11.8 Å². The number of carbonyl (C=O) groups is 1. The quantitative estimate of drug-likeness (QED) is 0.804. The molecule has 2 heterocycles. The summed E-state index contributed by atoms with van der Waals surface area (Å²) < 4.78 is 0. The van der Waals surface area contributed by atoms with Crippen molar-refractivity contribution in [3.05, 3.63) is 30.1 Å². The van der Waals surface area contributed by atoms with E-state index in [0.29, 0.717) is 11.8 Å². The van der Waals surface area contributed by atoms with Crippen molar-refractivity contribution < 1.29 is 4.79 Å². The van der Waals surface area contributed by atoms with Crippen LogP contribution in [0.3, 0.4) is 0 Å². The van der Waals surface area contributed by atoms with E-state index in [0.717, 1.165) is 44.7 Å². The number of aromatic nitrogens is 1. The minimum atomic E-state index is 0.158. The lowest BCUT2D eigenvalue weighted by atomic mass is 9.96. The maximum absolute atomic E-state index is 12.8. The first-order chi connectivity index (χ1) is 10.1. The Kier molecular flexibility index (Phi) is 5.74. The number of nitrogens with zero attached hydrogens (tertiary/aromatic N) is 3. The Morgan fingerprint density at radius 3 is 2.76 bits per heavy atom. The highest BCUT2D eigenvalue weighted by atomic mass is 16.2. The van der Waals surface area contributed by atoms with Gasteiger partial charge in [-0.15, -0.1) is 0 Å². The van der Waals surface area contributed by atoms with E-state index in [-0.39, 0.29) is 5.92 Å². The molecule has 1 aliphatic rings. The predicted octanol–water partition coefficient (Wildman–Crippen LogP) is 2.06. The van der Waals surface area contributed by atoms with Crippen molar-refractivity contribution >= 4 is 5.91 Å². The second-order valence-electron chi connectivity index (χ2n) is 6.20. The maximum atomic E-state index is 12.8. The lowest BCUT2D eigenvalue weighted by molar-refractivity contribution is -0.136. The van der Waals surface area contributed by atoms with Crippen molar-refractivity contribution in [1.82, 2.24) is 14.8 Å². The largest absolute Gasteiger partial charge is 0.342 e. The van der Waals surface area contributed by atoms with Gasteiger partial charge in [0.15, 0.2) is 0 Å². The average Bonchev–Trinajstić information content (AvgIpc) is 2.82. The molecule has 0 bridgehead atoms. The fourth-order valence-corrected chi connectivity index (χ4v) is 3.16. The molecule has 21 heavy (non-hydrogen) atoms. The van der Waals surface area contributed by atoms with Crippen LogP contribution in [0.25, 0.3) is 0 Å². The molecule has 1 fully saturated rings. The third kappa shape index (κ3) is 4.27. The van der Waals surface area contributed by atoms with Crippen molar-refractivity contribution in [3.8, 4) is 0 Å². The van der Waals surface area contributed by atoms with Crippen LogP contribution in [0.2, 0.25) is 0 Å². The Morgan fingerprint density at radius 1 is 1.38 bits per heavy atom. The molecule has 1 aromatic rings. The predicted molar refractivity (Wildman–Crippen MR) is 85.0 cm³/mol. The van der Waals surface area contributed by atoms with E-state index >= 15 is 0 Å². The highest BCUT2D eigenvalue weighted by Gasteiger charge is 2.35. The van der Waals surface area contributed by atoms with E-state index in [4.69, 9.17) is 0 Å². The molecular weight excluding hydrogens is 262 g/mol. The van der Waals surface area contributed by atoms with Crippen LogP contribution in [0.15, 0.2) is 24.4 Å². The maximum Gasteiger partial charge on any atom is 0.227 e. The molecule has 0 aromatic carbocycles. The second kappa shape index (κ2) is 7.55. The van der Waals surface area contributed by atoms with Crippen molar-refractivity contribution in [3.63, 3.8) is 0 Å². The number of hydrogen-bond donors (Lipinski definition) is 0. The lowest BCUT2D eigenvalue weighted by Gasteiger charge is -2.26. The zero-order valence-electron chi connectivity index (χ0n) is 13.5. The van der Waals surface area contributed by atoms with Gasteiger partial charge in [-0.3, -0.25) is 9.78 Å². The summed E-state index contributed by atoms with van der Waals surface area (Å²) in [7, 11) is 2.10. The molecular formula is C17H27N3O. The summed E-state index contributed by atoms with van der Waals surface area (Å²) in [4.78, 5) is 21.4. The van der Waals surface area contributed by atoms with Gasteiger partial charge >= 0.3 is 0 Å². The lowest BCUT2D eigenvalue weighted by Crippen LogP contribution is -2.40. The molecule has 4 heteroatoms. The normalized spacial score (nSPS) is 22.4. The number of amides is 1. The zero-order chi connectivity index (χ0) is 15.2. The first kappa shape index (κ1) is 16.0. The third-order valence-electron chi connectivity index (χ3n) is 4.28. The molecule has 1 aliphatic heterocycles. The Hall–Kier alpha value is -1.42. The monoisotopic (exact) mass is 289 g/mol. The van der Waals surface area contributed by atoms with Crippen LogP contribution in [0.1, 0.15) is 26.0 Å². The van der Waals surface area contributed by atoms with Gasteiger partial charge in [-0.2, -0.15) is 0 Å². The summed E-state index contributed by atoms with van der Waals surface area (Å²) in [6.07, 6.45) is 3.66. The van der Waals surface area contributed by atoms with Crippen LogP contribution in [0, 0.1) is 11.8 Å². The fourth-order valence-electron chi connectivity index (χ4n) is 3.16. The van der Waals surface area contributed by atoms with E-state index in [2.05, 4.69) is 30.8 Å². The minimum absolute atomic E-state index is 0.158. The second-order valence-corrected chi connectivity index (χ2v) is 6.20. The highest BCUT2D eigenvalue weighted by Crippen LogP contribution is 2.23. The van der Waals surface area contributed by atoms with Gasteiger partial charge in [0.2, 0.25) is 5.91 Å². The standard InChI is InChI=1S/C17H27N3O/c1-4-10-20(11-8-15-7-5-6-9-18-15)17(21)16-13-19(3)12-14(16)2/h5-7,9,14,16H,4,8,10-13H2,1-3H3. The smallest absolute Gasteiger partial charge is 0.227 e. The molecule has 0 aliphatic carbocycles. The van der Waals surface area contributed by atoms with Gasteiger partial charge in [-0.05, 0) is 31.5 Å². The van der Waals surface area contributed by atoms with Crippen LogP contribution in [0.5, 0.6) is 0 Å². The minimum Gasteiger partial charge on any atom is -0.342 e. The highest BCUT2D eigenvalue weighted by molar-refractivity contribution is 5.79. The van der Waals surface area contributed by atoms with E-state index in [1.807, 2.05) is 29.3 Å². The van der Waals surface area contributed by atoms with E-state index in [1.54, 1.807) is 0 Å². The summed E-state index contributed by atoms with van der Waals surface area (Å²) in [5.74, 6) is 0.937. The number of carbonyl (C=O) groups excluding carboxylic acids is 1. The molecule has 0 spiro atoms. The summed E-state index contributed by atoms with van der Waals surface area (Å²) in [6, 6.07) is 5.96. The van der Waals surface area contributed by atoms with Crippen molar-refractivity contribution in [2.45, 2.75) is 26.7 Å².